The van der Waals surface area contributed by atoms with Crippen LogP contribution in [0.15, 0.2) is 0 Å². The third kappa shape index (κ3) is 2.35. The summed E-state index contributed by atoms with van der Waals surface area (Å²) in [5.41, 5.74) is 5.16. The van der Waals surface area contributed by atoms with Crippen LogP contribution >= 0.6 is 12.4 Å². The number of hydrogen-bond acceptors (Lipinski definition) is 2. The highest BCUT2D eigenvalue weighted by atomic mass is 35.5. The molecular weight excluding hydrogens is 178 g/mol. The molecule has 0 unspecified atom stereocenters. The first-order valence-electron chi connectivity index (χ1n) is 4.03. The number of carboxylic acids is 1. The van der Waals surface area contributed by atoms with Crippen LogP contribution in [0.1, 0.15) is 32.6 Å². The fourth-order valence-electron chi connectivity index (χ4n) is 1.49. The summed E-state index contributed by atoms with van der Waals surface area (Å²) in [7, 11) is 0. The van der Waals surface area contributed by atoms with E-state index < -0.39 is 11.4 Å². The highest BCUT2D eigenvalue weighted by Gasteiger charge is 2.36. The molecular formula is C8H16ClNO2. The lowest BCUT2D eigenvalue weighted by Crippen LogP contribution is -2.37. The molecule has 0 radical (unpaired) electrons. The number of aliphatic carboxylic acids is 1. The first kappa shape index (κ1) is 11.7. The molecule has 0 saturated heterocycles. The third-order valence-corrected chi connectivity index (χ3v) is 2.65. The van der Waals surface area contributed by atoms with E-state index in [0.717, 1.165) is 25.7 Å². The zero-order chi connectivity index (χ0) is 8.48. The van der Waals surface area contributed by atoms with Crippen molar-refractivity contribution < 1.29 is 9.90 Å². The highest BCUT2D eigenvalue weighted by molar-refractivity contribution is 5.85. The highest BCUT2D eigenvalue weighted by Crippen LogP contribution is 2.35. The van der Waals surface area contributed by atoms with Gasteiger partial charge in [-0.15, -0.1) is 12.4 Å². The summed E-state index contributed by atoms with van der Waals surface area (Å²) in [5, 5.41) is 8.84. The minimum absolute atomic E-state index is 0. The molecule has 1 saturated carbocycles. The van der Waals surface area contributed by atoms with E-state index in [4.69, 9.17) is 10.8 Å². The summed E-state index contributed by atoms with van der Waals surface area (Å²) in [4.78, 5) is 10.7. The third-order valence-electron chi connectivity index (χ3n) is 2.65. The molecule has 0 aromatic heterocycles. The molecule has 0 aromatic rings. The SMILES string of the molecule is C[C@]1(C(=O)O)CC[C@H](N)CC1.Cl. The molecule has 1 aliphatic carbocycles. The number of rotatable bonds is 1. The van der Waals surface area contributed by atoms with Crippen LogP contribution in [-0.4, -0.2) is 17.1 Å². The van der Waals surface area contributed by atoms with Crippen molar-refractivity contribution >= 4 is 18.4 Å². The van der Waals surface area contributed by atoms with E-state index in [1.54, 1.807) is 6.92 Å². The Labute approximate surface area is 78.7 Å². The monoisotopic (exact) mass is 193 g/mol. The Balaban J connectivity index is 0.00000121. The van der Waals surface area contributed by atoms with Gasteiger partial charge in [0, 0.05) is 6.04 Å². The van der Waals surface area contributed by atoms with Crippen molar-refractivity contribution in [2.75, 3.05) is 0 Å². The van der Waals surface area contributed by atoms with Crippen molar-refractivity contribution in [2.45, 2.75) is 38.6 Å². The molecule has 12 heavy (non-hydrogen) atoms. The van der Waals surface area contributed by atoms with E-state index in [2.05, 4.69) is 0 Å². The lowest BCUT2D eigenvalue weighted by atomic mass is 9.74. The van der Waals surface area contributed by atoms with Crippen LogP contribution in [0.5, 0.6) is 0 Å². The van der Waals surface area contributed by atoms with Crippen LogP contribution in [0.2, 0.25) is 0 Å². The Hall–Kier alpha value is -0.280. The van der Waals surface area contributed by atoms with Gasteiger partial charge in [-0.1, -0.05) is 0 Å². The molecule has 0 atom stereocenters. The predicted molar refractivity (Wildman–Crippen MR) is 49.4 cm³/mol. The van der Waals surface area contributed by atoms with Gasteiger partial charge in [-0.05, 0) is 32.6 Å². The normalized spacial score (nSPS) is 35.3. The van der Waals surface area contributed by atoms with Crippen molar-refractivity contribution in [1.29, 1.82) is 0 Å². The smallest absolute Gasteiger partial charge is 0.309 e. The molecule has 0 bridgehead atoms. The van der Waals surface area contributed by atoms with Crippen LogP contribution in [0.3, 0.4) is 0 Å². The molecule has 0 amide bonds. The zero-order valence-corrected chi connectivity index (χ0v) is 8.06. The first-order chi connectivity index (χ1) is 5.04. The van der Waals surface area contributed by atoms with Gasteiger partial charge >= 0.3 is 5.97 Å². The van der Waals surface area contributed by atoms with Gasteiger partial charge in [0.1, 0.15) is 0 Å². The Bertz CT molecular complexity index is 164. The lowest BCUT2D eigenvalue weighted by molar-refractivity contribution is -0.149. The molecule has 0 aliphatic heterocycles. The van der Waals surface area contributed by atoms with E-state index >= 15 is 0 Å². The van der Waals surface area contributed by atoms with Crippen molar-refractivity contribution in [1.82, 2.24) is 0 Å². The summed E-state index contributed by atoms with van der Waals surface area (Å²) < 4.78 is 0. The summed E-state index contributed by atoms with van der Waals surface area (Å²) in [5.74, 6) is -0.676. The van der Waals surface area contributed by atoms with Crippen molar-refractivity contribution in [3.63, 3.8) is 0 Å². The van der Waals surface area contributed by atoms with E-state index in [1.807, 2.05) is 0 Å². The van der Waals surface area contributed by atoms with Crippen molar-refractivity contribution in [3.8, 4) is 0 Å². The van der Waals surface area contributed by atoms with Gasteiger partial charge in [0.15, 0.2) is 0 Å². The second kappa shape index (κ2) is 4.10. The zero-order valence-electron chi connectivity index (χ0n) is 7.25. The maximum Gasteiger partial charge on any atom is 0.309 e. The number of carboxylic acid groups (broad SMARTS) is 1. The minimum Gasteiger partial charge on any atom is -0.481 e. The molecule has 0 aromatic carbocycles. The van der Waals surface area contributed by atoms with Crippen LogP contribution in [0, 0.1) is 5.41 Å². The fraction of sp³-hybridized carbons (Fsp3) is 0.875. The predicted octanol–water partition coefficient (Wildman–Crippen LogP) is 1.40. The molecule has 72 valence electrons. The van der Waals surface area contributed by atoms with Crippen LogP contribution in [-0.2, 0) is 4.79 Å². The number of carbonyl (C=O) groups is 1. The van der Waals surface area contributed by atoms with Gasteiger partial charge in [-0.25, -0.2) is 0 Å². The molecule has 1 aliphatic rings. The topological polar surface area (TPSA) is 63.3 Å². The Morgan fingerprint density at radius 1 is 1.50 bits per heavy atom. The molecule has 0 spiro atoms. The van der Waals surface area contributed by atoms with Crippen LogP contribution in [0.4, 0.5) is 0 Å². The average molecular weight is 194 g/mol. The van der Waals surface area contributed by atoms with Gasteiger partial charge in [0.25, 0.3) is 0 Å². The Morgan fingerprint density at radius 2 is 1.92 bits per heavy atom. The van der Waals surface area contributed by atoms with E-state index in [1.165, 1.54) is 0 Å². The van der Waals surface area contributed by atoms with Gasteiger partial charge in [0.2, 0.25) is 0 Å². The standard InChI is InChI=1S/C8H15NO2.ClH/c1-8(7(10)11)4-2-6(9)3-5-8;/h6H,2-5,9H2,1H3,(H,10,11);1H/t6-,8-;. The van der Waals surface area contributed by atoms with Gasteiger partial charge in [-0.2, -0.15) is 0 Å². The average Bonchev–Trinajstić information content (AvgIpc) is 1.95. The van der Waals surface area contributed by atoms with Crippen molar-refractivity contribution in [2.24, 2.45) is 11.1 Å². The quantitative estimate of drug-likeness (QED) is 0.662. The van der Waals surface area contributed by atoms with Gasteiger partial charge in [0.05, 0.1) is 5.41 Å². The summed E-state index contributed by atoms with van der Waals surface area (Å²) in [6.07, 6.45) is 3.15. The fourth-order valence-corrected chi connectivity index (χ4v) is 1.49. The second-order valence-corrected chi connectivity index (χ2v) is 3.70. The minimum atomic E-state index is -0.676. The molecule has 3 nitrogen and oxygen atoms in total. The van der Waals surface area contributed by atoms with Crippen LogP contribution < -0.4 is 5.73 Å². The summed E-state index contributed by atoms with van der Waals surface area (Å²) in [6, 6.07) is 0.224. The maximum absolute atomic E-state index is 10.7. The first-order valence-corrected chi connectivity index (χ1v) is 4.03. The molecule has 1 rings (SSSR count). The van der Waals surface area contributed by atoms with E-state index in [0.29, 0.717) is 0 Å². The molecule has 3 N–H and O–H groups in total. The second-order valence-electron chi connectivity index (χ2n) is 3.70. The van der Waals surface area contributed by atoms with E-state index in [-0.39, 0.29) is 18.4 Å². The number of hydrogen-bond donors (Lipinski definition) is 2. The summed E-state index contributed by atoms with van der Waals surface area (Å²) >= 11 is 0. The molecule has 1 fully saturated rings. The van der Waals surface area contributed by atoms with Crippen LogP contribution in [0.25, 0.3) is 0 Å². The van der Waals surface area contributed by atoms with Crippen molar-refractivity contribution in [3.05, 3.63) is 0 Å². The van der Waals surface area contributed by atoms with Gasteiger partial charge in [-0.3, -0.25) is 4.79 Å². The molecule has 0 heterocycles. The van der Waals surface area contributed by atoms with Gasteiger partial charge < -0.3 is 10.8 Å². The molecule has 4 heteroatoms. The lowest BCUT2D eigenvalue weighted by Gasteiger charge is -2.31. The largest absolute Gasteiger partial charge is 0.481 e. The number of halogens is 1. The summed E-state index contributed by atoms with van der Waals surface area (Å²) in [6.45, 7) is 1.81. The number of nitrogens with two attached hydrogens (primary N) is 1. The van der Waals surface area contributed by atoms with E-state index in [9.17, 15) is 4.79 Å². The maximum atomic E-state index is 10.7. The Kier molecular flexibility index (Phi) is 4.00. The Morgan fingerprint density at radius 3 is 2.25 bits per heavy atom.